The highest BCUT2D eigenvalue weighted by molar-refractivity contribution is 6.04. The monoisotopic (exact) mass is 305 g/mol. The molecule has 1 unspecified atom stereocenters. The predicted molar refractivity (Wildman–Crippen MR) is 89.5 cm³/mol. The number of aliphatic imine (C=N–C) groups is 1. The summed E-state index contributed by atoms with van der Waals surface area (Å²) in [4.78, 5) is 18.8. The van der Waals surface area contributed by atoms with Crippen molar-refractivity contribution in [3.63, 3.8) is 0 Å². The lowest BCUT2D eigenvalue weighted by Gasteiger charge is -2.27. The Labute approximate surface area is 134 Å². The number of hydrogen-bond donors (Lipinski definition) is 1. The Balaban J connectivity index is 1.48. The number of nitrogens with two attached hydrogens (primary N) is 1. The van der Waals surface area contributed by atoms with Crippen molar-refractivity contribution >= 4 is 11.9 Å². The summed E-state index contributed by atoms with van der Waals surface area (Å²) < 4.78 is 0. The van der Waals surface area contributed by atoms with Gasteiger partial charge >= 0.3 is 0 Å². The van der Waals surface area contributed by atoms with Gasteiger partial charge in [0.2, 0.25) is 0 Å². The first-order valence-electron chi connectivity index (χ1n) is 9.38. The van der Waals surface area contributed by atoms with E-state index in [2.05, 4.69) is 4.99 Å². The molecule has 4 nitrogen and oxygen atoms in total. The molecule has 22 heavy (non-hydrogen) atoms. The zero-order valence-corrected chi connectivity index (χ0v) is 13.8. The molecule has 1 heterocycles. The van der Waals surface area contributed by atoms with Crippen LogP contribution in [0.15, 0.2) is 4.99 Å². The zero-order chi connectivity index (χ0) is 15.4. The van der Waals surface area contributed by atoms with E-state index in [1.807, 2.05) is 0 Å². The second-order valence-electron chi connectivity index (χ2n) is 7.54. The molecule has 2 N–H and O–H groups in total. The fourth-order valence-corrected chi connectivity index (χ4v) is 4.45. The summed E-state index contributed by atoms with van der Waals surface area (Å²) in [5, 5.41) is 0. The Morgan fingerprint density at radius 3 is 2.14 bits per heavy atom. The van der Waals surface area contributed by atoms with Crippen LogP contribution in [-0.4, -0.2) is 29.4 Å². The standard InChI is InChI=1S/C18H31N3O/c19-18-20-16(12-11-14-7-3-1-4-8-14)17(22)21(18)13-15-9-5-2-6-10-15/h14-16H,1-13H2,(H2,19,20). The van der Waals surface area contributed by atoms with Gasteiger partial charge in [0.15, 0.2) is 5.96 Å². The van der Waals surface area contributed by atoms with Crippen LogP contribution in [-0.2, 0) is 4.79 Å². The molecule has 2 saturated carbocycles. The topological polar surface area (TPSA) is 58.7 Å². The summed E-state index contributed by atoms with van der Waals surface area (Å²) in [6.07, 6.45) is 15.3. The lowest BCUT2D eigenvalue weighted by atomic mass is 9.85. The second kappa shape index (κ2) is 7.47. The van der Waals surface area contributed by atoms with Gasteiger partial charge < -0.3 is 5.73 Å². The Hall–Kier alpha value is -1.06. The highest BCUT2D eigenvalue weighted by atomic mass is 16.2. The molecule has 3 aliphatic rings. The molecule has 0 aromatic carbocycles. The fraction of sp³-hybridized carbons (Fsp3) is 0.889. The van der Waals surface area contributed by atoms with E-state index in [9.17, 15) is 4.79 Å². The number of guanidine groups is 1. The van der Waals surface area contributed by atoms with Gasteiger partial charge in [0.1, 0.15) is 6.04 Å². The van der Waals surface area contributed by atoms with Gasteiger partial charge in [-0.15, -0.1) is 0 Å². The number of nitrogens with zero attached hydrogens (tertiary/aromatic N) is 2. The molecular formula is C18H31N3O. The number of carbonyl (C=O) groups excluding carboxylic acids is 1. The summed E-state index contributed by atoms with van der Waals surface area (Å²) in [6.45, 7) is 0.800. The number of rotatable bonds is 5. The maximum atomic E-state index is 12.6. The van der Waals surface area contributed by atoms with Crippen molar-refractivity contribution in [3.05, 3.63) is 0 Å². The van der Waals surface area contributed by atoms with E-state index in [0.717, 1.165) is 25.3 Å². The molecule has 124 valence electrons. The molecule has 1 atom stereocenters. The quantitative estimate of drug-likeness (QED) is 0.845. The molecule has 0 saturated heterocycles. The summed E-state index contributed by atoms with van der Waals surface area (Å²) in [5.74, 6) is 2.08. The largest absolute Gasteiger partial charge is 0.369 e. The molecule has 0 radical (unpaired) electrons. The smallest absolute Gasteiger partial charge is 0.254 e. The van der Waals surface area contributed by atoms with Gasteiger partial charge in [0.25, 0.3) is 5.91 Å². The van der Waals surface area contributed by atoms with E-state index in [-0.39, 0.29) is 11.9 Å². The first-order valence-corrected chi connectivity index (χ1v) is 9.38. The third-order valence-corrected chi connectivity index (χ3v) is 5.85. The Bertz CT molecular complexity index is 409. The van der Waals surface area contributed by atoms with Gasteiger partial charge in [-0.2, -0.15) is 0 Å². The lowest BCUT2D eigenvalue weighted by Crippen LogP contribution is -2.42. The molecule has 3 rings (SSSR count). The summed E-state index contributed by atoms with van der Waals surface area (Å²) in [7, 11) is 0. The van der Waals surface area contributed by atoms with Gasteiger partial charge in [-0.25, -0.2) is 4.99 Å². The third kappa shape index (κ3) is 3.82. The minimum absolute atomic E-state index is 0.166. The van der Waals surface area contributed by atoms with E-state index in [4.69, 9.17) is 5.73 Å². The van der Waals surface area contributed by atoms with Gasteiger partial charge in [0.05, 0.1) is 0 Å². The third-order valence-electron chi connectivity index (χ3n) is 5.85. The van der Waals surface area contributed by atoms with Crippen molar-refractivity contribution in [1.29, 1.82) is 0 Å². The highest BCUT2D eigenvalue weighted by Gasteiger charge is 2.34. The molecule has 1 amide bonds. The maximum absolute atomic E-state index is 12.6. The van der Waals surface area contributed by atoms with Crippen molar-refractivity contribution in [2.45, 2.75) is 83.1 Å². The van der Waals surface area contributed by atoms with Crippen LogP contribution in [0.4, 0.5) is 0 Å². The van der Waals surface area contributed by atoms with Crippen LogP contribution in [0.2, 0.25) is 0 Å². The van der Waals surface area contributed by atoms with Crippen LogP contribution in [0.3, 0.4) is 0 Å². The minimum Gasteiger partial charge on any atom is -0.369 e. The van der Waals surface area contributed by atoms with Gasteiger partial charge in [0, 0.05) is 6.54 Å². The lowest BCUT2D eigenvalue weighted by molar-refractivity contribution is -0.128. The highest BCUT2D eigenvalue weighted by Crippen LogP contribution is 2.30. The van der Waals surface area contributed by atoms with E-state index in [0.29, 0.717) is 11.9 Å². The van der Waals surface area contributed by atoms with Gasteiger partial charge in [-0.1, -0.05) is 51.4 Å². The van der Waals surface area contributed by atoms with E-state index < -0.39 is 0 Å². The molecular weight excluding hydrogens is 274 g/mol. The molecule has 4 heteroatoms. The maximum Gasteiger partial charge on any atom is 0.254 e. The first-order chi connectivity index (χ1) is 10.7. The van der Waals surface area contributed by atoms with Crippen molar-refractivity contribution in [3.8, 4) is 0 Å². The van der Waals surface area contributed by atoms with Gasteiger partial charge in [-0.05, 0) is 37.5 Å². The SMILES string of the molecule is NC1=NC(CCC2CCCCC2)C(=O)N1CC1CCCCC1. The molecule has 2 fully saturated rings. The fourth-order valence-electron chi connectivity index (χ4n) is 4.45. The normalized spacial score (nSPS) is 28.2. The van der Waals surface area contributed by atoms with Crippen molar-refractivity contribution in [1.82, 2.24) is 4.90 Å². The first kappa shape index (κ1) is 15.8. The number of carbonyl (C=O) groups is 1. The Kier molecular flexibility index (Phi) is 5.37. The zero-order valence-electron chi connectivity index (χ0n) is 13.8. The minimum atomic E-state index is -0.189. The van der Waals surface area contributed by atoms with Crippen LogP contribution in [0, 0.1) is 11.8 Å². The molecule has 0 spiro atoms. The Morgan fingerprint density at radius 2 is 1.50 bits per heavy atom. The molecule has 0 aromatic heterocycles. The molecule has 1 aliphatic heterocycles. The van der Waals surface area contributed by atoms with E-state index >= 15 is 0 Å². The predicted octanol–water partition coefficient (Wildman–Crippen LogP) is 3.45. The average molecular weight is 305 g/mol. The molecule has 0 aromatic rings. The average Bonchev–Trinajstić information content (AvgIpc) is 2.82. The summed E-state index contributed by atoms with van der Waals surface area (Å²) >= 11 is 0. The van der Waals surface area contributed by atoms with Crippen molar-refractivity contribution < 1.29 is 4.79 Å². The van der Waals surface area contributed by atoms with Crippen LogP contribution >= 0.6 is 0 Å². The van der Waals surface area contributed by atoms with Crippen molar-refractivity contribution in [2.24, 2.45) is 22.6 Å². The van der Waals surface area contributed by atoms with Crippen LogP contribution in [0.1, 0.15) is 77.0 Å². The number of amides is 1. The van der Waals surface area contributed by atoms with Crippen LogP contribution in [0.25, 0.3) is 0 Å². The second-order valence-corrected chi connectivity index (χ2v) is 7.54. The number of hydrogen-bond acceptors (Lipinski definition) is 3. The van der Waals surface area contributed by atoms with Crippen molar-refractivity contribution in [2.75, 3.05) is 6.54 Å². The summed E-state index contributed by atoms with van der Waals surface area (Å²) in [6, 6.07) is -0.189. The van der Waals surface area contributed by atoms with E-state index in [1.165, 1.54) is 64.2 Å². The van der Waals surface area contributed by atoms with Gasteiger partial charge in [-0.3, -0.25) is 9.69 Å². The van der Waals surface area contributed by atoms with E-state index in [1.54, 1.807) is 4.90 Å². The van der Waals surface area contributed by atoms with Crippen LogP contribution < -0.4 is 5.73 Å². The summed E-state index contributed by atoms with van der Waals surface area (Å²) in [5.41, 5.74) is 6.04. The molecule has 0 bridgehead atoms. The van der Waals surface area contributed by atoms with Crippen LogP contribution in [0.5, 0.6) is 0 Å². The molecule has 2 aliphatic carbocycles. The Morgan fingerprint density at radius 1 is 0.909 bits per heavy atom.